The maximum Gasteiger partial charge on any atom is 0.203 e. The number of benzene rings is 1. The van der Waals surface area contributed by atoms with Crippen molar-refractivity contribution >= 4 is 17.1 Å². The van der Waals surface area contributed by atoms with Crippen LogP contribution < -0.4 is 0 Å². The highest BCUT2D eigenvalue weighted by molar-refractivity contribution is 7.14. The van der Waals surface area contributed by atoms with E-state index in [9.17, 15) is 4.79 Å². The molecule has 1 saturated heterocycles. The molecule has 0 N–H and O–H groups in total. The number of hydrogen-bond acceptors (Lipinski definition) is 4. The normalized spacial score (nSPS) is 15.7. The smallest absolute Gasteiger partial charge is 0.203 e. The van der Waals surface area contributed by atoms with Gasteiger partial charge in [-0.2, -0.15) is 0 Å². The van der Waals surface area contributed by atoms with Crippen LogP contribution in [0.5, 0.6) is 0 Å². The standard InChI is InChI=1S/C16H16O3S/c1-10-3-4-11(2)12(9-10)15(17)13-5-6-14(20-13)16-18-7-8-19-16/h3-6,9,16H,7-8H2,1-2H3. The van der Waals surface area contributed by atoms with Crippen molar-refractivity contribution in [2.45, 2.75) is 20.1 Å². The predicted molar refractivity (Wildman–Crippen MR) is 78.3 cm³/mol. The third-order valence-corrected chi connectivity index (χ3v) is 4.45. The summed E-state index contributed by atoms with van der Waals surface area (Å²) in [5, 5.41) is 0. The minimum absolute atomic E-state index is 0.0699. The number of carbonyl (C=O) groups excluding carboxylic acids is 1. The Hall–Kier alpha value is -1.49. The molecule has 0 amide bonds. The van der Waals surface area contributed by atoms with Crippen molar-refractivity contribution in [2.24, 2.45) is 0 Å². The number of hydrogen-bond donors (Lipinski definition) is 0. The summed E-state index contributed by atoms with van der Waals surface area (Å²) in [7, 11) is 0. The van der Waals surface area contributed by atoms with E-state index in [4.69, 9.17) is 9.47 Å². The van der Waals surface area contributed by atoms with Crippen LogP contribution in [-0.2, 0) is 9.47 Å². The van der Waals surface area contributed by atoms with E-state index < -0.39 is 0 Å². The molecule has 1 aromatic heterocycles. The highest BCUT2D eigenvalue weighted by Gasteiger charge is 2.22. The molecule has 3 nitrogen and oxygen atoms in total. The van der Waals surface area contributed by atoms with Gasteiger partial charge in [-0.15, -0.1) is 11.3 Å². The quantitative estimate of drug-likeness (QED) is 0.809. The number of ether oxygens (including phenoxy) is 2. The van der Waals surface area contributed by atoms with Crippen molar-refractivity contribution in [3.63, 3.8) is 0 Å². The first-order chi connectivity index (χ1) is 9.65. The third-order valence-electron chi connectivity index (χ3n) is 3.34. The van der Waals surface area contributed by atoms with Crippen molar-refractivity contribution in [1.29, 1.82) is 0 Å². The Bertz CT molecular complexity index is 639. The van der Waals surface area contributed by atoms with Gasteiger partial charge in [-0.25, -0.2) is 0 Å². The monoisotopic (exact) mass is 288 g/mol. The second-order valence-corrected chi connectivity index (χ2v) is 6.04. The Kier molecular flexibility index (Phi) is 3.70. The molecule has 0 aliphatic carbocycles. The summed E-state index contributed by atoms with van der Waals surface area (Å²) in [6.07, 6.45) is -0.305. The number of thiophene rings is 1. The molecule has 4 heteroatoms. The van der Waals surface area contributed by atoms with Crippen LogP contribution in [0.25, 0.3) is 0 Å². The van der Waals surface area contributed by atoms with Gasteiger partial charge in [-0.3, -0.25) is 4.79 Å². The SMILES string of the molecule is Cc1ccc(C)c(C(=O)c2ccc(C3OCCO3)s2)c1. The molecule has 2 aromatic rings. The molecule has 0 atom stereocenters. The van der Waals surface area contributed by atoms with Crippen molar-refractivity contribution in [1.82, 2.24) is 0 Å². The highest BCUT2D eigenvalue weighted by atomic mass is 32.1. The van der Waals surface area contributed by atoms with Crippen LogP contribution in [0.1, 0.15) is 37.5 Å². The van der Waals surface area contributed by atoms with Gasteiger partial charge >= 0.3 is 0 Å². The van der Waals surface area contributed by atoms with Crippen LogP contribution in [0.2, 0.25) is 0 Å². The van der Waals surface area contributed by atoms with Gasteiger partial charge in [0.1, 0.15) is 0 Å². The van der Waals surface area contributed by atoms with Gasteiger partial charge in [-0.05, 0) is 37.6 Å². The van der Waals surface area contributed by atoms with Gasteiger partial charge < -0.3 is 9.47 Å². The fraction of sp³-hybridized carbons (Fsp3) is 0.312. The van der Waals surface area contributed by atoms with Crippen LogP contribution >= 0.6 is 11.3 Å². The van der Waals surface area contributed by atoms with Gasteiger partial charge in [0.25, 0.3) is 0 Å². The number of ketones is 1. The van der Waals surface area contributed by atoms with Gasteiger partial charge in [0.2, 0.25) is 5.78 Å². The first-order valence-electron chi connectivity index (χ1n) is 6.60. The molecule has 0 unspecified atom stereocenters. The average molecular weight is 288 g/mol. The number of aryl methyl sites for hydroxylation is 2. The molecule has 1 aliphatic heterocycles. The second kappa shape index (κ2) is 5.48. The summed E-state index contributed by atoms with van der Waals surface area (Å²) >= 11 is 1.45. The van der Waals surface area contributed by atoms with Crippen LogP contribution in [0.3, 0.4) is 0 Å². The van der Waals surface area contributed by atoms with Crippen molar-refractivity contribution in [3.8, 4) is 0 Å². The summed E-state index contributed by atoms with van der Waals surface area (Å²) in [4.78, 5) is 14.3. The lowest BCUT2D eigenvalue weighted by atomic mass is 10.0. The zero-order valence-electron chi connectivity index (χ0n) is 11.5. The maximum absolute atomic E-state index is 12.6. The lowest BCUT2D eigenvalue weighted by molar-refractivity contribution is -0.0413. The van der Waals surface area contributed by atoms with E-state index in [1.54, 1.807) is 0 Å². The molecular weight excluding hydrogens is 272 g/mol. The second-order valence-electron chi connectivity index (χ2n) is 4.92. The predicted octanol–water partition coefficient (Wildman–Crippen LogP) is 3.64. The van der Waals surface area contributed by atoms with E-state index in [1.165, 1.54) is 11.3 Å². The first-order valence-corrected chi connectivity index (χ1v) is 7.42. The molecule has 2 heterocycles. The van der Waals surface area contributed by atoms with Crippen LogP contribution in [-0.4, -0.2) is 19.0 Å². The molecule has 3 rings (SSSR count). The molecule has 1 aromatic carbocycles. The topological polar surface area (TPSA) is 35.5 Å². The lowest BCUT2D eigenvalue weighted by Gasteiger charge is -2.06. The molecule has 104 valence electrons. The van der Waals surface area contributed by atoms with Gasteiger partial charge in [0, 0.05) is 5.56 Å². The third kappa shape index (κ3) is 2.54. The van der Waals surface area contributed by atoms with Gasteiger partial charge in [-0.1, -0.05) is 17.7 Å². The molecule has 0 radical (unpaired) electrons. The molecule has 1 fully saturated rings. The Morgan fingerprint density at radius 3 is 2.65 bits per heavy atom. The highest BCUT2D eigenvalue weighted by Crippen LogP contribution is 2.31. The van der Waals surface area contributed by atoms with Gasteiger partial charge in [0.15, 0.2) is 6.29 Å². The molecule has 0 saturated carbocycles. The molecule has 0 spiro atoms. The van der Waals surface area contributed by atoms with Crippen LogP contribution in [0, 0.1) is 13.8 Å². The minimum atomic E-state index is -0.305. The lowest BCUT2D eigenvalue weighted by Crippen LogP contribution is -2.02. The first kappa shape index (κ1) is 13.5. The molecule has 20 heavy (non-hydrogen) atoms. The van der Waals surface area contributed by atoms with E-state index in [1.807, 2.05) is 44.2 Å². The number of rotatable bonds is 3. The van der Waals surface area contributed by atoms with Crippen molar-refractivity contribution in [3.05, 3.63) is 56.8 Å². The van der Waals surface area contributed by atoms with E-state index in [2.05, 4.69) is 0 Å². The molecule has 1 aliphatic rings. The number of carbonyl (C=O) groups is 1. The summed E-state index contributed by atoms with van der Waals surface area (Å²) in [6, 6.07) is 9.72. The average Bonchev–Trinajstić information content (AvgIpc) is 3.10. The zero-order chi connectivity index (χ0) is 14.1. The summed E-state index contributed by atoms with van der Waals surface area (Å²) < 4.78 is 10.9. The Morgan fingerprint density at radius 2 is 1.90 bits per heavy atom. The summed E-state index contributed by atoms with van der Waals surface area (Å²) in [5.74, 6) is 0.0699. The zero-order valence-corrected chi connectivity index (χ0v) is 12.3. The van der Waals surface area contributed by atoms with Crippen LogP contribution in [0.15, 0.2) is 30.3 Å². The van der Waals surface area contributed by atoms with E-state index >= 15 is 0 Å². The van der Waals surface area contributed by atoms with Gasteiger partial charge in [0.05, 0.1) is 23.0 Å². The summed E-state index contributed by atoms with van der Waals surface area (Å²) in [5.41, 5.74) is 2.87. The summed E-state index contributed by atoms with van der Waals surface area (Å²) in [6.45, 7) is 5.19. The minimum Gasteiger partial charge on any atom is -0.345 e. The van der Waals surface area contributed by atoms with Crippen molar-refractivity contribution in [2.75, 3.05) is 13.2 Å². The van der Waals surface area contributed by atoms with Crippen LogP contribution in [0.4, 0.5) is 0 Å². The Balaban J connectivity index is 1.88. The Labute approximate surface area is 122 Å². The maximum atomic E-state index is 12.6. The van der Waals surface area contributed by atoms with E-state index in [0.717, 1.165) is 26.4 Å². The van der Waals surface area contributed by atoms with E-state index in [-0.39, 0.29) is 12.1 Å². The Morgan fingerprint density at radius 1 is 1.15 bits per heavy atom. The molecule has 0 bridgehead atoms. The van der Waals surface area contributed by atoms with Crippen molar-refractivity contribution < 1.29 is 14.3 Å². The molecular formula is C16H16O3S. The fourth-order valence-electron chi connectivity index (χ4n) is 2.24. The van der Waals surface area contributed by atoms with E-state index in [0.29, 0.717) is 13.2 Å². The largest absolute Gasteiger partial charge is 0.345 e. The fourth-order valence-corrected chi connectivity index (χ4v) is 3.20.